The van der Waals surface area contributed by atoms with Crippen molar-refractivity contribution in [2.45, 2.75) is 12.2 Å². The molecule has 0 unspecified atom stereocenters. The molecular weight excluding hydrogens is 260 g/mol. The first kappa shape index (κ1) is 8.72. The van der Waals surface area contributed by atoms with Gasteiger partial charge in [-0.15, -0.1) is 11.3 Å². The van der Waals surface area contributed by atoms with E-state index in [0.29, 0.717) is 12.2 Å². The molecule has 0 bridgehead atoms. The van der Waals surface area contributed by atoms with Crippen LogP contribution in [0.3, 0.4) is 0 Å². The number of thiophene rings is 1. The molecule has 0 radical (unpaired) electrons. The largest absolute Gasteiger partial charge is 0.228 e. The molecular formula is C7H7BrO2S2. The summed E-state index contributed by atoms with van der Waals surface area (Å²) >= 11 is 5.00. The van der Waals surface area contributed by atoms with E-state index in [1.54, 1.807) is 11.3 Å². The van der Waals surface area contributed by atoms with Gasteiger partial charge >= 0.3 is 0 Å². The van der Waals surface area contributed by atoms with Gasteiger partial charge in [-0.3, -0.25) is 0 Å². The van der Waals surface area contributed by atoms with Crippen LogP contribution in [0.25, 0.3) is 0 Å². The predicted molar refractivity (Wildman–Crippen MR) is 53.2 cm³/mol. The van der Waals surface area contributed by atoms with Crippen LogP contribution in [-0.4, -0.2) is 14.2 Å². The lowest BCUT2D eigenvalue weighted by Gasteiger charge is -2.10. The Morgan fingerprint density at radius 2 is 2.25 bits per heavy atom. The Bertz CT molecular complexity index is 405. The summed E-state index contributed by atoms with van der Waals surface area (Å²) in [6, 6.07) is 1.91. The van der Waals surface area contributed by atoms with Gasteiger partial charge in [0.05, 0.1) is 15.3 Å². The monoisotopic (exact) mass is 266 g/mol. The quantitative estimate of drug-likeness (QED) is 0.720. The first-order chi connectivity index (χ1) is 5.57. The van der Waals surface area contributed by atoms with Gasteiger partial charge in [0.1, 0.15) is 0 Å². The molecule has 1 aliphatic rings. The highest BCUT2D eigenvalue weighted by Crippen LogP contribution is 2.32. The average molecular weight is 267 g/mol. The molecule has 0 aromatic carbocycles. The van der Waals surface area contributed by atoms with E-state index in [0.717, 1.165) is 9.35 Å². The molecule has 2 heterocycles. The van der Waals surface area contributed by atoms with Crippen molar-refractivity contribution >= 4 is 37.1 Å². The molecule has 0 saturated carbocycles. The van der Waals surface area contributed by atoms with E-state index in [1.807, 2.05) is 6.07 Å². The minimum absolute atomic E-state index is 0.227. The molecule has 2 rings (SSSR count). The van der Waals surface area contributed by atoms with E-state index in [-0.39, 0.29) is 5.75 Å². The molecule has 0 fully saturated rings. The van der Waals surface area contributed by atoms with Crippen molar-refractivity contribution in [1.82, 2.24) is 0 Å². The molecule has 0 atom stereocenters. The second-order valence-electron chi connectivity index (χ2n) is 2.84. The summed E-state index contributed by atoms with van der Waals surface area (Å²) in [6.07, 6.45) is 0.688. The summed E-state index contributed by atoms with van der Waals surface area (Å²) in [4.78, 5) is 1.22. The maximum absolute atomic E-state index is 11.2. The van der Waals surface area contributed by atoms with E-state index in [4.69, 9.17) is 0 Å². The summed E-state index contributed by atoms with van der Waals surface area (Å²) in [5.41, 5.74) is 0.984. The number of aryl methyl sites for hydroxylation is 1. The highest BCUT2D eigenvalue weighted by atomic mass is 79.9. The third-order valence-electron chi connectivity index (χ3n) is 1.88. The molecule has 0 aliphatic carbocycles. The number of hydrogen-bond donors (Lipinski definition) is 0. The maximum atomic E-state index is 11.2. The van der Waals surface area contributed by atoms with Crippen molar-refractivity contribution in [3.05, 3.63) is 20.3 Å². The topological polar surface area (TPSA) is 34.1 Å². The van der Waals surface area contributed by atoms with E-state index in [1.165, 1.54) is 4.88 Å². The number of hydrogen-bond acceptors (Lipinski definition) is 3. The van der Waals surface area contributed by atoms with Crippen LogP contribution >= 0.6 is 27.3 Å². The highest BCUT2D eigenvalue weighted by molar-refractivity contribution is 9.11. The lowest BCUT2D eigenvalue weighted by Crippen LogP contribution is -2.16. The van der Waals surface area contributed by atoms with Gasteiger partial charge in [-0.25, -0.2) is 8.42 Å². The molecule has 66 valence electrons. The Balaban J connectivity index is 2.47. The van der Waals surface area contributed by atoms with Crippen molar-refractivity contribution in [2.24, 2.45) is 0 Å². The number of fused-ring (bicyclic) bond motifs is 1. The van der Waals surface area contributed by atoms with Gasteiger partial charge in [0.15, 0.2) is 9.84 Å². The lowest BCUT2D eigenvalue weighted by atomic mass is 10.2. The first-order valence-corrected chi connectivity index (χ1v) is 6.97. The zero-order valence-corrected chi connectivity index (χ0v) is 9.43. The Labute approximate surface area is 83.7 Å². The van der Waals surface area contributed by atoms with Crippen LogP contribution in [0.15, 0.2) is 9.85 Å². The average Bonchev–Trinajstić information content (AvgIpc) is 2.26. The predicted octanol–water partition coefficient (Wildman–Crippen LogP) is 1.98. The van der Waals surface area contributed by atoms with E-state index in [9.17, 15) is 8.42 Å². The smallest absolute Gasteiger partial charge is 0.154 e. The molecule has 1 aromatic rings. The van der Waals surface area contributed by atoms with Crippen molar-refractivity contribution in [3.8, 4) is 0 Å². The van der Waals surface area contributed by atoms with Gasteiger partial charge in [-0.1, -0.05) is 0 Å². The van der Waals surface area contributed by atoms with Crippen molar-refractivity contribution in [3.63, 3.8) is 0 Å². The fourth-order valence-electron chi connectivity index (χ4n) is 1.32. The van der Waals surface area contributed by atoms with Crippen LogP contribution in [0.5, 0.6) is 0 Å². The zero-order valence-electron chi connectivity index (χ0n) is 6.21. The fraction of sp³-hybridized carbons (Fsp3) is 0.429. The van der Waals surface area contributed by atoms with Gasteiger partial charge in [0.25, 0.3) is 0 Å². The molecule has 2 nitrogen and oxygen atoms in total. The normalized spacial score (nSPS) is 20.4. The molecule has 0 spiro atoms. The summed E-state index contributed by atoms with van der Waals surface area (Å²) < 4.78 is 23.5. The van der Waals surface area contributed by atoms with Gasteiger partial charge in [0.2, 0.25) is 0 Å². The lowest BCUT2D eigenvalue weighted by molar-refractivity contribution is 0.592. The summed E-state index contributed by atoms with van der Waals surface area (Å²) in [6.45, 7) is 0. The second kappa shape index (κ2) is 2.82. The summed E-state index contributed by atoms with van der Waals surface area (Å²) in [5, 5.41) is 0. The summed E-state index contributed by atoms with van der Waals surface area (Å²) in [5.74, 6) is 0.539. The van der Waals surface area contributed by atoms with Crippen molar-refractivity contribution in [1.29, 1.82) is 0 Å². The molecule has 0 N–H and O–H groups in total. The Kier molecular flexibility index (Phi) is 2.05. The Morgan fingerprint density at radius 1 is 1.50 bits per heavy atom. The maximum Gasteiger partial charge on any atom is 0.154 e. The van der Waals surface area contributed by atoms with Gasteiger partial charge in [0, 0.05) is 4.88 Å². The van der Waals surface area contributed by atoms with E-state index in [2.05, 4.69) is 15.9 Å². The standard InChI is InChI=1S/C7H7BrO2S2/c8-7-3-5-4-12(9,10)2-1-6(5)11-7/h3H,1-2,4H2. The van der Waals surface area contributed by atoms with Gasteiger partial charge < -0.3 is 0 Å². The van der Waals surface area contributed by atoms with Crippen LogP contribution in [0.2, 0.25) is 0 Å². The van der Waals surface area contributed by atoms with Gasteiger partial charge in [-0.05, 0) is 34.0 Å². The zero-order chi connectivity index (χ0) is 8.77. The van der Waals surface area contributed by atoms with Crippen LogP contribution < -0.4 is 0 Å². The number of sulfone groups is 1. The van der Waals surface area contributed by atoms with Crippen molar-refractivity contribution < 1.29 is 8.42 Å². The minimum atomic E-state index is -2.80. The van der Waals surface area contributed by atoms with Crippen LogP contribution in [0.4, 0.5) is 0 Å². The second-order valence-corrected chi connectivity index (χ2v) is 7.54. The van der Waals surface area contributed by atoms with Crippen LogP contribution in [0.1, 0.15) is 10.4 Å². The Morgan fingerprint density at radius 3 is 3.00 bits per heavy atom. The molecule has 0 saturated heterocycles. The molecule has 5 heteroatoms. The van der Waals surface area contributed by atoms with Crippen LogP contribution in [0, 0.1) is 0 Å². The summed E-state index contributed by atoms with van der Waals surface area (Å²) in [7, 11) is -2.80. The first-order valence-electron chi connectivity index (χ1n) is 3.54. The molecule has 1 aromatic heterocycles. The highest BCUT2D eigenvalue weighted by Gasteiger charge is 2.22. The molecule has 1 aliphatic heterocycles. The SMILES string of the molecule is O=S1(=O)CCc2sc(Br)cc2C1. The molecule has 0 amide bonds. The Hall–Kier alpha value is 0.130. The van der Waals surface area contributed by atoms with Crippen LogP contribution in [-0.2, 0) is 22.0 Å². The molecule has 12 heavy (non-hydrogen) atoms. The van der Waals surface area contributed by atoms with Crippen molar-refractivity contribution in [2.75, 3.05) is 5.75 Å². The minimum Gasteiger partial charge on any atom is -0.228 e. The van der Waals surface area contributed by atoms with E-state index < -0.39 is 9.84 Å². The third-order valence-corrected chi connectivity index (χ3v) is 5.20. The van der Waals surface area contributed by atoms with Gasteiger partial charge in [-0.2, -0.15) is 0 Å². The number of halogens is 1. The number of rotatable bonds is 0. The fourth-order valence-corrected chi connectivity index (χ4v) is 4.70. The third kappa shape index (κ3) is 1.58. The van der Waals surface area contributed by atoms with E-state index >= 15 is 0 Å².